The molecule has 3 nitrogen and oxygen atoms in total. The fourth-order valence-electron chi connectivity index (χ4n) is 1.79. The van der Waals surface area contributed by atoms with Crippen LogP contribution in [0.5, 0.6) is 0 Å². The first-order valence-electron chi connectivity index (χ1n) is 6.78. The van der Waals surface area contributed by atoms with E-state index in [0.29, 0.717) is 13.2 Å². The molecule has 0 radical (unpaired) electrons. The van der Waals surface area contributed by atoms with E-state index in [4.69, 9.17) is 15.2 Å². The van der Waals surface area contributed by atoms with Crippen molar-refractivity contribution in [3.63, 3.8) is 0 Å². The Morgan fingerprint density at radius 3 is 2.21 bits per heavy atom. The Morgan fingerprint density at radius 1 is 1.11 bits per heavy atom. The van der Waals surface area contributed by atoms with E-state index < -0.39 is 0 Å². The molecule has 0 heterocycles. The summed E-state index contributed by atoms with van der Waals surface area (Å²) < 4.78 is 24.2. The van der Waals surface area contributed by atoms with Gasteiger partial charge in [-0.05, 0) is 38.0 Å². The van der Waals surface area contributed by atoms with Gasteiger partial charge in [0.05, 0.1) is 25.4 Å². The maximum Gasteiger partial charge on any atom is 0.123 e. The van der Waals surface area contributed by atoms with Crippen molar-refractivity contribution >= 4 is 0 Å². The quantitative estimate of drug-likeness (QED) is 0.738. The fourth-order valence-corrected chi connectivity index (χ4v) is 1.79. The summed E-state index contributed by atoms with van der Waals surface area (Å²) >= 11 is 0. The predicted octanol–water partition coefficient (Wildman–Crippen LogP) is 3.05. The summed E-state index contributed by atoms with van der Waals surface area (Å²) in [4.78, 5) is 0. The van der Waals surface area contributed by atoms with Crippen molar-refractivity contribution in [2.24, 2.45) is 5.73 Å². The zero-order valence-corrected chi connectivity index (χ0v) is 11.9. The molecular formula is C15H24FNO2. The van der Waals surface area contributed by atoms with Crippen molar-refractivity contribution in [3.8, 4) is 0 Å². The number of halogens is 1. The third kappa shape index (κ3) is 5.68. The Balaban J connectivity index is 2.59. The molecule has 2 unspecified atom stereocenters. The molecule has 108 valence electrons. The van der Waals surface area contributed by atoms with Crippen LogP contribution in [0.1, 0.15) is 38.9 Å². The van der Waals surface area contributed by atoms with Gasteiger partial charge in [0.15, 0.2) is 0 Å². The molecular weight excluding hydrogens is 245 g/mol. The summed E-state index contributed by atoms with van der Waals surface area (Å²) in [5.74, 6) is -0.254. The predicted molar refractivity (Wildman–Crippen MR) is 74.4 cm³/mol. The molecule has 1 aromatic rings. The summed E-state index contributed by atoms with van der Waals surface area (Å²) in [5.41, 5.74) is 6.97. The van der Waals surface area contributed by atoms with Gasteiger partial charge in [0.1, 0.15) is 5.82 Å². The van der Waals surface area contributed by atoms with E-state index in [1.54, 1.807) is 12.1 Å². The largest absolute Gasteiger partial charge is 0.376 e. The lowest BCUT2D eigenvalue weighted by Crippen LogP contribution is -2.30. The van der Waals surface area contributed by atoms with Crippen molar-refractivity contribution in [2.75, 3.05) is 13.2 Å². The molecule has 0 saturated carbocycles. The first-order valence-corrected chi connectivity index (χ1v) is 6.78. The average molecular weight is 269 g/mol. The maximum absolute atomic E-state index is 12.9. The molecule has 2 atom stereocenters. The van der Waals surface area contributed by atoms with E-state index in [1.165, 1.54) is 12.1 Å². The molecule has 0 saturated heterocycles. The van der Waals surface area contributed by atoms with Gasteiger partial charge < -0.3 is 15.2 Å². The van der Waals surface area contributed by atoms with Crippen molar-refractivity contribution < 1.29 is 13.9 Å². The highest BCUT2D eigenvalue weighted by Crippen LogP contribution is 2.22. The summed E-state index contributed by atoms with van der Waals surface area (Å²) in [6.07, 6.45) is 0.765. The van der Waals surface area contributed by atoms with Crippen LogP contribution in [-0.2, 0) is 9.47 Å². The highest BCUT2D eigenvalue weighted by molar-refractivity contribution is 5.20. The van der Waals surface area contributed by atoms with Gasteiger partial charge in [-0.15, -0.1) is 0 Å². The Hall–Kier alpha value is -0.970. The summed E-state index contributed by atoms with van der Waals surface area (Å²) in [6.45, 7) is 6.99. The minimum absolute atomic E-state index is 0.107. The van der Waals surface area contributed by atoms with Crippen LogP contribution in [0.2, 0.25) is 0 Å². The molecule has 0 aliphatic rings. The number of nitrogens with two attached hydrogens (primary N) is 1. The number of benzene rings is 1. The standard InChI is InChI=1S/C15H24FNO2/c1-4-14(17)15(19-10-9-18-11(2)3)12-5-7-13(16)8-6-12/h5-8,11,14-15H,4,9-10,17H2,1-3H3. The molecule has 19 heavy (non-hydrogen) atoms. The van der Waals surface area contributed by atoms with Crippen LogP contribution >= 0.6 is 0 Å². The minimum Gasteiger partial charge on any atom is -0.376 e. The molecule has 0 aliphatic heterocycles. The highest BCUT2D eigenvalue weighted by atomic mass is 19.1. The second kappa shape index (κ2) is 8.25. The summed E-state index contributed by atoms with van der Waals surface area (Å²) in [7, 11) is 0. The third-order valence-corrected chi connectivity index (χ3v) is 2.89. The van der Waals surface area contributed by atoms with E-state index in [2.05, 4.69) is 0 Å². The topological polar surface area (TPSA) is 44.5 Å². The minimum atomic E-state index is -0.254. The smallest absolute Gasteiger partial charge is 0.123 e. The molecule has 0 bridgehead atoms. The van der Waals surface area contributed by atoms with E-state index in [9.17, 15) is 4.39 Å². The van der Waals surface area contributed by atoms with Crippen molar-refractivity contribution in [3.05, 3.63) is 35.6 Å². The lowest BCUT2D eigenvalue weighted by molar-refractivity contribution is -0.0224. The van der Waals surface area contributed by atoms with Crippen molar-refractivity contribution in [2.45, 2.75) is 45.4 Å². The highest BCUT2D eigenvalue weighted by Gasteiger charge is 2.19. The molecule has 1 aromatic carbocycles. The van der Waals surface area contributed by atoms with Gasteiger partial charge in [-0.3, -0.25) is 0 Å². The van der Waals surface area contributed by atoms with E-state index in [-0.39, 0.29) is 24.1 Å². The van der Waals surface area contributed by atoms with Crippen LogP contribution in [0, 0.1) is 5.82 Å². The van der Waals surface area contributed by atoms with Crippen molar-refractivity contribution in [1.82, 2.24) is 0 Å². The van der Waals surface area contributed by atoms with Gasteiger partial charge >= 0.3 is 0 Å². The van der Waals surface area contributed by atoms with Gasteiger partial charge in [0.25, 0.3) is 0 Å². The molecule has 0 aliphatic carbocycles. The maximum atomic E-state index is 12.9. The Kier molecular flexibility index (Phi) is 6.99. The lowest BCUT2D eigenvalue weighted by atomic mass is 10.0. The Labute approximate surface area is 114 Å². The first-order chi connectivity index (χ1) is 9.04. The van der Waals surface area contributed by atoms with Gasteiger partial charge in [-0.25, -0.2) is 4.39 Å². The average Bonchev–Trinajstić information content (AvgIpc) is 2.39. The van der Waals surface area contributed by atoms with E-state index in [1.807, 2.05) is 20.8 Å². The summed E-state index contributed by atoms with van der Waals surface area (Å²) in [6, 6.07) is 6.19. The Morgan fingerprint density at radius 2 is 1.68 bits per heavy atom. The zero-order valence-electron chi connectivity index (χ0n) is 11.9. The molecule has 0 fully saturated rings. The molecule has 0 spiro atoms. The van der Waals surface area contributed by atoms with Gasteiger partial charge in [0, 0.05) is 6.04 Å². The van der Waals surface area contributed by atoms with Crippen LogP contribution in [-0.4, -0.2) is 25.4 Å². The fraction of sp³-hybridized carbons (Fsp3) is 0.600. The zero-order chi connectivity index (χ0) is 14.3. The van der Waals surface area contributed by atoms with Crippen molar-refractivity contribution in [1.29, 1.82) is 0 Å². The van der Waals surface area contributed by atoms with Crippen LogP contribution < -0.4 is 5.73 Å². The number of hydrogen-bond acceptors (Lipinski definition) is 3. The van der Waals surface area contributed by atoms with Crippen LogP contribution in [0.3, 0.4) is 0 Å². The number of ether oxygens (including phenoxy) is 2. The van der Waals surface area contributed by atoms with Crippen LogP contribution in [0.15, 0.2) is 24.3 Å². The molecule has 1 rings (SSSR count). The van der Waals surface area contributed by atoms with Gasteiger partial charge in [0.2, 0.25) is 0 Å². The Bertz CT molecular complexity index is 354. The molecule has 0 amide bonds. The van der Waals surface area contributed by atoms with E-state index in [0.717, 1.165) is 12.0 Å². The second-order valence-electron chi connectivity index (χ2n) is 4.83. The third-order valence-electron chi connectivity index (χ3n) is 2.89. The second-order valence-corrected chi connectivity index (χ2v) is 4.83. The van der Waals surface area contributed by atoms with Crippen LogP contribution in [0.25, 0.3) is 0 Å². The normalized spacial score (nSPS) is 14.6. The van der Waals surface area contributed by atoms with Gasteiger partial charge in [-0.2, -0.15) is 0 Å². The van der Waals surface area contributed by atoms with E-state index >= 15 is 0 Å². The SMILES string of the molecule is CCC(N)C(OCCOC(C)C)c1ccc(F)cc1. The number of hydrogen-bond donors (Lipinski definition) is 1. The van der Waals surface area contributed by atoms with Gasteiger partial charge in [-0.1, -0.05) is 19.1 Å². The first kappa shape index (κ1) is 16.1. The number of rotatable bonds is 8. The molecule has 0 aromatic heterocycles. The lowest BCUT2D eigenvalue weighted by Gasteiger charge is -2.24. The molecule has 2 N–H and O–H groups in total. The molecule has 4 heteroatoms. The monoisotopic (exact) mass is 269 g/mol. The van der Waals surface area contributed by atoms with Crippen LogP contribution in [0.4, 0.5) is 4.39 Å². The summed E-state index contributed by atoms with van der Waals surface area (Å²) in [5, 5.41) is 0.